The van der Waals surface area contributed by atoms with E-state index in [0.717, 1.165) is 32.0 Å². The van der Waals surface area contributed by atoms with Crippen LogP contribution >= 0.6 is 22.6 Å². The molecule has 2 aromatic rings. The highest BCUT2D eigenvalue weighted by Gasteiger charge is 2.43. The summed E-state index contributed by atoms with van der Waals surface area (Å²) in [6, 6.07) is 20.8. The van der Waals surface area contributed by atoms with Gasteiger partial charge in [0.15, 0.2) is 0 Å². The molecule has 1 saturated carbocycles. The van der Waals surface area contributed by atoms with Crippen molar-refractivity contribution in [3.63, 3.8) is 0 Å². The van der Waals surface area contributed by atoms with Crippen LogP contribution in [-0.2, 0) is 6.54 Å². The molecule has 3 fully saturated rings. The van der Waals surface area contributed by atoms with E-state index in [1.165, 1.54) is 53.3 Å². The van der Waals surface area contributed by atoms with Crippen LogP contribution in [0.5, 0.6) is 0 Å². The predicted molar refractivity (Wildman–Crippen MR) is 135 cm³/mol. The lowest BCUT2D eigenvalue weighted by Crippen LogP contribution is -2.58. The van der Waals surface area contributed by atoms with Crippen molar-refractivity contribution < 1.29 is 5.11 Å². The van der Waals surface area contributed by atoms with Crippen molar-refractivity contribution >= 4 is 22.6 Å². The molecule has 0 amide bonds. The molecule has 166 valence electrons. The summed E-state index contributed by atoms with van der Waals surface area (Å²) in [5.74, 6) is 1.42. The molecule has 0 radical (unpaired) electrons. The van der Waals surface area contributed by atoms with Crippen LogP contribution in [0.4, 0.5) is 0 Å². The van der Waals surface area contributed by atoms with Crippen molar-refractivity contribution in [2.45, 2.75) is 69.2 Å². The van der Waals surface area contributed by atoms with Crippen LogP contribution in [0.25, 0.3) is 0 Å². The number of hydrogen-bond donors (Lipinski definition) is 1. The molecular weight excluding hydrogens is 495 g/mol. The minimum atomic E-state index is -0.189. The summed E-state index contributed by atoms with van der Waals surface area (Å²) >= 11 is 2.41. The van der Waals surface area contributed by atoms with Gasteiger partial charge < -0.3 is 5.11 Å². The molecule has 3 nitrogen and oxygen atoms in total. The Bertz CT molecular complexity index is 851. The van der Waals surface area contributed by atoms with E-state index in [0.29, 0.717) is 18.0 Å². The summed E-state index contributed by atoms with van der Waals surface area (Å²) in [6.45, 7) is 4.46. The highest BCUT2D eigenvalue weighted by Crippen LogP contribution is 2.40. The maximum absolute atomic E-state index is 11.2. The molecule has 1 N–H and O–H groups in total. The van der Waals surface area contributed by atoms with Crippen LogP contribution in [0, 0.1) is 9.49 Å². The van der Waals surface area contributed by atoms with Gasteiger partial charge in [0.1, 0.15) is 0 Å². The van der Waals surface area contributed by atoms with Crippen LogP contribution in [0.3, 0.4) is 0 Å². The predicted octanol–water partition coefficient (Wildman–Crippen LogP) is 5.27. The third-order valence-corrected chi connectivity index (χ3v) is 8.72. The fourth-order valence-corrected chi connectivity index (χ4v) is 7.06. The molecule has 0 aromatic heterocycles. The number of benzene rings is 2. The number of halogens is 1. The van der Waals surface area contributed by atoms with Crippen LogP contribution in [-0.4, -0.2) is 52.7 Å². The highest BCUT2D eigenvalue weighted by atomic mass is 127. The van der Waals surface area contributed by atoms with Gasteiger partial charge in [-0.3, -0.25) is 9.80 Å². The summed E-state index contributed by atoms with van der Waals surface area (Å²) in [6.07, 6.45) is 7.00. The van der Waals surface area contributed by atoms with E-state index in [-0.39, 0.29) is 6.10 Å². The van der Waals surface area contributed by atoms with Crippen LogP contribution in [0.15, 0.2) is 54.6 Å². The van der Waals surface area contributed by atoms with E-state index in [1.807, 2.05) is 0 Å². The first-order chi connectivity index (χ1) is 15.2. The van der Waals surface area contributed by atoms with Crippen LogP contribution in [0.2, 0.25) is 0 Å². The molecule has 3 aliphatic rings. The second-order valence-electron chi connectivity index (χ2n) is 9.90. The zero-order chi connectivity index (χ0) is 21.2. The van der Waals surface area contributed by atoms with Gasteiger partial charge in [-0.25, -0.2) is 0 Å². The summed E-state index contributed by atoms with van der Waals surface area (Å²) in [5.41, 5.74) is 2.90. The van der Waals surface area contributed by atoms with Gasteiger partial charge >= 0.3 is 0 Å². The average molecular weight is 530 g/mol. The Kier molecular flexibility index (Phi) is 6.98. The smallest absolute Gasteiger partial charge is 0.0710 e. The summed E-state index contributed by atoms with van der Waals surface area (Å²) in [7, 11) is 0. The second kappa shape index (κ2) is 9.90. The highest BCUT2D eigenvalue weighted by molar-refractivity contribution is 14.1. The normalized spacial score (nSPS) is 30.8. The molecule has 0 spiro atoms. The molecule has 0 bridgehead atoms. The van der Waals surface area contributed by atoms with Gasteiger partial charge in [0.05, 0.1) is 6.10 Å². The number of aliphatic hydroxyl groups excluding tert-OH is 1. The van der Waals surface area contributed by atoms with Crippen LogP contribution < -0.4 is 0 Å². The number of nitrogens with zero attached hydrogens (tertiary/aromatic N) is 2. The lowest BCUT2D eigenvalue weighted by molar-refractivity contribution is -0.0605. The van der Waals surface area contributed by atoms with Gasteiger partial charge in [-0.05, 0) is 116 Å². The number of hydrogen-bond acceptors (Lipinski definition) is 3. The molecule has 5 rings (SSSR count). The minimum absolute atomic E-state index is 0.189. The quantitative estimate of drug-likeness (QED) is 0.546. The number of likely N-dealkylation sites (tertiary alicyclic amines) is 2. The van der Waals surface area contributed by atoms with Crippen LogP contribution in [0.1, 0.15) is 55.6 Å². The van der Waals surface area contributed by atoms with Crippen molar-refractivity contribution in [1.82, 2.24) is 9.80 Å². The SMILES string of the molecule is O[C@@H]1C[C@@H]2[C@H](CCCN2Cc2cccc(I)c2)C[C@H]1N1CCC(c2ccccc2)CC1. The fraction of sp³-hybridized carbons (Fsp3) is 0.556. The lowest BCUT2D eigenvalue weighted by atomic mass is 9.73. The van der Waals surface area contributed by atoms with Crippen molar-refractivity contribution in [2.75, 3.05) is 19.6 Å². The maximum Gasteiger partial charge on any atom is 0.0710 e. The Morgan fingerprint density at radius 2 is 1.68 bits per heavy atom. The lowest BCUT2D eigenvalue weighted by Gasteiger charge is -2.51. The Labute approximate surface area is 201 Å². The zero-order valence-electron chi connectivity index (χ0n) is 18.4. The third-order valence-electron chi connectivity index (χ3n) is 8.05. The van der Waals surface area contributed by atoms with Gasteiger partial charge in [0, 0.05) is 22.2 Å². The Morgan fingerprint density at radius 1 is 0.871 bits per heavy atom. The number of aliphatic hydroxyl groups is 1. The topological polar surface area (TPSA) is 26.7 Å². The second-order valence-corrected chi connectivity index (χ2v) is 11.1. The number of piperidine rings is 2. The van der Waals surface area contributed by atoms with Crippen molar-refractivity contribution in [2.24, 2.45) is 5.92 Å². The first-order valence-corrected chi connectivity index (χ1v) is 13.2. The Morgan fingerprint density at radius 3 is 2.45 bits per heavy atom. The number of rotatable bonds is 4. The van der Waals surface area contributed by atoms with Gasteiger partial charge in [-0.1, -0.05) is 42.5 Å². The summed E-state index contributed by atoms with van der Waals surface area (Å²) in [4.78, 5) is 5.29. The van der Waals surface area contributed by atoms with E-state index in [9.17, 15) is 5.11 Å². The fourth-order valence-electron chi connectivity index (χ4n) is 6.45. The molecule has 4 atom stereocenters. The molecule has 31 heavy (non-hydrogen) atoms. The van der Waals surface area contributed by atoms with Crippen molar-refractivity contribution in [3.05, 3.63) is 69.3 Å². The first-order valence-electron chi connectivity index (χ1n) is 12.1. The van der Waals surface area contributed by atoms with E-state index < -0.39 is 0 Å². The first kappa shape index (κ1) is 21.9. The van der Waals surface area contributed by atoms with Gasteiger partial charge in [-0.2, -0.15) is 0 Å². The molecule has 2 heterocycles. The third kappa shape index (κ3) is 5.02. The van der Waals surface area contributed by atoms with E-state index in [4.69, 9.17) is 0 Å². The summed E-state index contributed by atoms with van der Waals surface area (Å²) in [5, 5.41) is 11.2. The van der Waals surface area contributed by atoms with Gasteiger partial charge in [0.25, 0.3) is 0 Å². The molecule has 2 aromatic carbocycles. The molecule has 2 saturated heterocycles. The zero-order valence-corrected chi connectivity index (χ0v) is 20.5. The van der Waals surface area contributed by atoms with E-state index >= 15 is 0 Å². The molecular formula is C27H35IN2O. The van der Waals surface area contributed by atoms with Crippen molar-refractivity contribution in [1.29, 1.82) is 0 Å². The Hall–Kier alpha value is -0.950. The van der Waals surface area contributed by atoms with E-state index in [2.05, 4.69) is 87.0 Å². The van der Waals surface area contributed by atoms with Gasteiger partial charge in [0.2, 0.25) is 0 Å². The Balaban J connectivity index is 1.21. The van der Waals surface area contributed by atoms with Gasteiger partial charge in [-0.15, -0.1) is 0 Å². The standard InChI is InChI=1S/C27H35IN2O/c28-24-10-4-6-20(16-24)19-30-13-5-9-23-17-26(27(31)18-25(23)30)29-14-11-22(12-15-29)21-7-2-1-3-8-21/h1-4,6-8,10,16,22-23,25-27,31H,5,9,11-15,17-19H2/t23-,25-,26-,27-/m1/s1. The summed E-state index contributed by atoms with van der Waals surface area (Å²) < 4.78 is 1.31. The molecule has 0 unspecified atom stereocenters. The molecule has 2 aliphatic heterocycles. The monoisotopic (exact) mass is 530 g/mol. The molecule has 1 aliphatic carbocycles. The molecule has 4 heteroatoms. The largest absolute Gasteiger partial charge is 0.391 e. The maximum atomic E-state index is 11.2. The van der Waals surface area contributed by atoms with Crippen molar-refractivity contribution in [3.8, 4) is 0 Å². The average Bonchev–Trinajstić information content (AvgIpc) is 2.80. The van der Waals surface area contributed by atoms with E-state index in [1.54, 1.807) is 0 Å². The minimum Gasteiger partial charge on any atom is -0.391 e. The number of fused-ring (bicyclic) bond motifs is 1.